The Morgan fingerprint density at radius 1 is 0.968 bits per heavy atom. The van der Waals surface area contributed by atoms with Crippen molar-refractivity contribution in [3.8, 4) is 16.9 Å². The molecule has 1 aromatic heterocycles. The second-order valence-electron chi connectivity index (χ2n) is 7.18. The van der Waals surface area contributed by atoms with Crippen LogP contribution in [0.3, 0.4) is 0 Å². The van der Waals surface area contributed by atoms with Crippen molar-refractivity contribution in [3.05, 3.63) is 83.8 Å². The number of esters is 1. The average molecular weight is 418 g/mol. The Hall–Kier alpha value is -3.31. The zero-order chi connectivity index (χ0) is 21.6. The third-order valence-corrected chi connectivity index (χ3v) is 5.22. The molecule has 1 unspecified atom stereocenters. The van der Waals surface area contributed by atoms with Gasteiger partial charge in [0.25, 0.3) is 0 Å². The largest absolute Gasteiger partial charge is 0.490 e. The van der Waals surface area contributed by atoms with Crippen molar-refractivity contribution in [1.29, 1.82) is 0 Å². The standard InChI is InChI=1S/C26H26O5/c1-3-28-24(26(27)29-4-2)17-18-9-11-19(12-10-18)30-15-13-22-20-7-5-6-8-21(20)23-14-16-31-25(22)23/h5-14,16,24H,3-4,15,17H2,1-2H3/b22-13+. The number of carbonyl (C=O) groups excluding carboxylic acids is 1. The molecule has 0 saturated heterocycles. The van der Waals surface area contributed by atoms with Crippen LogP contribution < -0.4 is 4.74 Å². The van der Waals surface area contributed by atoms with Gasteiger partial charge in [0.05, 0.1) is 12.9 Å². The summed E-state index contributed by atoms with van der Waals surface area (Å²) in [6.45, 7) is 4.88. The summed E-state index contributed by atoms with van der Waals surface area (Å²) in [7, 11) is 0. The van der Waals surface area contributed by atoms with E-state index in [0.29, 0.717) is 26.2 Å². The van der Waals surface area contributed by atoms with Gasteiger partial charge in [-0.15, -0.1) is 0 Å². The summed E-state index contributed by atoms with van der Waals surface area (Å²) in [5, 5.41) is 0. The van der Waals surface area contributed by atoms with Crippen LogP contribution in [-0.4, -0.2) is 31.9 Å². The molecule has 1 atom stereocenters. The van der Waals surface area contributed by atoms with E-state index in [-0.39, 0.29) is 5.97 Å². The Kier molecular flexibility index (Phi) is 6.53. The smallest absolute Gasteiger partial charge is 0.335 e. The van der Waals surface area contributed by atoms with E-state index in [9.17, 15) is 4.79 Å². The zero-order valence-corrected chi connectivity index (χ0v) is 17.8. The highest BCUT2D eigenvalue weighted by Gasteiger charge is 2.25. The van der Waals surface area contributed by atoms with Crippen molar-refractivity contribution < 1.29 is 23.4 Å². The van der Waals surface area contributed by atoms with E-state index in [1.165, 1.54) is 5.56 Å². The fourth-order valence-electron chi connectivity index (χ4n) is 3.81. The molecule has 0 saturated carbocycles. The van der Waals surface area contributed by atoms with E-state index in [2.05, 4.69) is 12.1 Å². The molecule has 0 amide bonds. The number of hydrogen-bond donors (Lipinski definition) is 0. The van der Waals surface area contributed by atoms with Crippen LogP contribution in [-0.2, 0) is 20.7 Å². The topological polar surface area (TPSA) is 57.9 Å². The van der Waals surface area contributed by atoms with E-state index in [0.717, 1.165) is 33.8 Å². The predicted molar refractivity (Wildman–Crippen MR) is 119 cm³/mol. The lowest BCUT2D eigenvalue weighted by molar-refractivity contribution is -0.156. The molecule has 0 radical (unpaired) electrons. The normalized spacial score (nSPS) is 14.2. The second kappa shape index (κ2) is 9.67. The molecule has 0 aliphatic heterocycles. The highest BCUT2D eigenvalue weighted by Crippen LogP contribution is 2.44. The van der Waals surface area contributed by atoms with Crippen molar-refractivity contribution in [1.82, 2.24) is 0 Å². The molecule has 0 N–H and O–H groups in total. The molecular weight excluding hydrogens is 392 g/mol. The molecule has 0 spiro atoms. The molecule has 5 heteroatoms. The monoisotopic (exact) mass is 418 g/mol. The fraction of sp³-hybridized carbons (Fsp3) is 0.269. The van der Waals surface area contributed by atoms with Crippen LogP contribution in [0.1, 0.15) is 30.7 Å². The maximum Gasteiger partial charge on any atom is 0.335 e. The third kappa shape index (κ3) is 4.57. The van der Waals surface area contributed by atoms with Crippen LogP contribution >= 0.6 is 0 Å². The lowest BCUT2D eigenvalue weighted by Gasteiger charge is -2.15. The first-order valence-corrected chi connectivity index (χ1v) is 10.6. The summed E-state index contributed by atoms with van der Waals surface area (Å²) in [5.74, 6) is 1.32. The van der Waals surface area contributed by atoms with Gasteiger partial charge in [-0.1, -0.05) is 36.4 Å². The highest BCUT2D eigenvalue weighted by atomic mass is 16.6. The summed E-state index contributed by atoms with van der Waals surface area (Å²) in [4.78, 5) is 12.0. The van der Waals surface area contributed by atoms with Gasteiger partial charge in [0.15, 0.2) is 6.10 Å². The van der Waals surface area contributed by atoms with Crippen molar-refractivity contribution >= 4 is 11.5 Å². The first-order chi connectivity index (χ1) is 15.2. The number of furan rings is 1. The van der Waals surface area contributed by atoms with E-state index in [1.54, 1.807) is 13.2 Å². The van der Waals surface area contributed by atoms with Gasteiger partial charge >= 0.3 is 5.97 Å². The van der Waals surface area contributed by atoms with Crippen LogP contribution in [0.2, 0.25) is 0 Å². The van der Waals surface area contributed by atoms with Gasteiger partial charge in [0.1, 0.15) is 18.1 Å². The van der Waals surface area contributed by atoms with Crippen molar-refractivity contribution in [2.75, 3.05) is 19.8 Å². The SMILES string of the molecule is CCOC(=O)C(Cc1ccc(OC/C=C2\c3ccccc3-c3ccoc32)cc1)OCC. The van der Waals surface area contributed by atoms with Crippen LogP contribution in [0.15, 0.2) is 71.4 Å². The summed E-state index contributed by atoms with van der Waals surface area (Å²) in [6, 6.07) is 18.0. The van der Waals surface area contributed by atoms with Gasteiger partial charge in [-0.3, -0.25) is 0 Å². The number of benzene rings is 2. The van der Waals surface area contributed by atoms with Crippen molar-refractivity contribution in [2.45, 2.75) is 26.4 Å². The van der Waals surface area contributed by atoms with Crippen LogP contribution in [0, 0.1) is 0 Å². The molecule has 31 heavy (non-hydrogen) atoms. The van der Waals surface area contributed by atoms with Crippen LogP contribution in [0.4, 0.5) is 0 Å². The Morgan fingerprint density at radius 2 is 1.74 bits per heavy atom. The minimum Gasteiger partial charge on any atom is -0.490 e. The Labute approximate surface area is 182 Å². The lowest BCUT2D eigenvalue weighted by Crippen LogP contribution is -2.28. The van der Waals surface area contributed by atoms with Gasteiger partial charge in [0, 0.05) is 24.2 Å². The van der Waals surface area contributed by atoms with Gasteiger partial charge in [-0.25, -0.2) is 4.79 Å². The molecule has 4 rings (SSSR count). The first-order valence-electron chi connectivity index (χ1n) is 10.6. The van der Waals surface area contributed by atoms with Crippen molar-refractivity contribution in [2.24, 2.45) is 0 Å². The van der Waals surface area contributed by atoms with E-state index < -0.39 is 6.10 Å². The molecule has 160 valence electrons. The van der Waals surface area contributed by atoms with Crippen molar-refractivity contribution in [3.63, 3.8) is 0 Å². The molecule has 1 aliphatic rings. The maximum absolute atomic E-state index is 12.0. The number of hydrogen-bond acceptors (Lipinski definition) is 5. The Balaban J connectivity index is 1.40. The van der Waals surface area contributed by atoms with Crippen LogP contribution in [0.25, 0.3) is 16.7 Å². The van der Waals surface area contributed by atoms with E-state index in [4.69, 9.17) is 18.6 Å². The number of fused-ring (bicyclic) bond motifs is 3. The van der Waals surface area contributed by atoms with Crippen LogP contribution in [0.5, 0.6) is 5.75 Å². The zero-order valence-electron chi connectivity index (χ0n) is 17.8. The summed E-state index contributed by atoms with van der Waals surface area (Å²) in [5.41, 5.74) is 5.52. The molecule has 5 nitrogen and oxygen atoms in total. The van der Waals surface area contributed by atoms with Gasteiger partial charge in [0.2, 0.25) is 0 Å². The van der Waals surface area contributed by atoms with Gasteiger partial charge < -0.3 is 18.6 Å². The van der Waals surface area contributed by atoms with E-state index >= 15 is 0 Å². The summed E-state index contributed by atoms with van der Waals surface area (Å²) >= 11 is 0. The molecular formula is C26H26O5. The molecule has 0 fully saturated rings. The highest BCUT2D eigenvalue weighted by molar-refractivity contribution is 5.99. The van der Waals surface area contributed by atoms with Gasteiger partial charge in [-0.05, 0) is 54.8 Å². The lowest BCUT2D eigenvalue weighted by atomic mass is 10.1. The maximum atomic E-state index is 12.0. The summed E-state index contributed by atoms with van der Waals surface area (Å²) in [6.07, 6.45) is 3.65. The number of ether oxygens (including phenoxy) is 3. The molecule has 3 aromatic rings. The third-order valence-electron chi connectivity index (χ3n) is 5.22. The predicted octanol–water partition coefficient (Wildman–Crippen LogP) is 5.28. The summed E-state index contributed by atoms with van der Waals surface area (Å²) < 4.78 is 22.3. The Bertz CT molecular complexity index is 1060. The second-order valence-corrected chi connectivity index (χ2v) is 7.18. The molecule has 2 aromatic carbocycles. The quantitative estimate of drug-likeness (QED) is 0.346. The fourth-order valence-corrected chi connectivity index (χ4v) is 3.81. The minimum absolute atomic E-state index is 0.328. The van der Waals surface area contributed by atoms with E-state index in [1.807, 2.05) is 55.5 Å². The molecule has 1 aliphatic carbocycles. The number of rotatable bonds is 9. The Morgan fingerprint density at radius 3 is 2.48 bits per heavy atom. The molecule has 1 heterocycles. The first kappa shape index (κ1) is 20.9. The number of carbonyl (C=O) groups is 1. The van der Waals surface area contributed by atoms with Gasteiger partial charge in [-0.2, -0.15) is 0 Å². The average Bonchev–Trinajstić information content (AvgIpc) is 3.37. The molecule has 0 bridgehead atoms. The minimum atomic E-state index is -0.591.